The SMILES string of the molecule is COC(=O)[C@@H](CC(=O)OC(C)(C)C)NC(=O)[C@@H]1Cc2ccccc2CN1C(=O)OCc1ccccc1. The highest BCUT2D eigenvalue weighted by Gasteiger charge is 2.38. The molecule has 0 unspecified atom stereocenters. The van der Waals surface area contributed by atoms with Gasteiger partial charge in [0.15, 0.2) is 0 Å². The molecule has 1 heterocycles. The number of hydrogen-bond donors (Lipinski definition) is 1. The van der Waals surface area contributed by atoms with Crippen molar-refractivity contribution < 1.29 is 33.4 Å². The third-order valence-electron chi connectivity index (χ3n) is 5.58. The van der Waals surface area contributed by atoms with E-state index in [4.69, 9.17) is 14.2 Å². The molecule has 0 aromatic heterocycles. The van der Waals surface area contributed by atoms with E-state index in [1.165, 1.54) is 12.0 Å². The number of carbonyl (C=O) groups excluding carboxylic acids is 4. The number of fused-ring (bicyclic) bond motifs is 1. The van der Waals surface area contributed by atoms with Gasteiger partial charge in [0.2, 0.25) is 5.91 Å². The Labute approximate surface area is 210 Å². The quantitative estimate of drug-likeness (QED) is 0.463. The number of benzene rings is 2. The number of esters is 2. The largest absolute Gasteiger partial charge is 0.467 e. The van der Waals surface area contributed by atoms with Gasteiger partial charge in [-0.2, -0.15) is 0 Å². The van der Waals surface area contributed by atoms with Crippen molar-refractivity contribution in [2.24, 2.45) is 0 Å². The molecule has 0 bridgehead atoms. The lowest BCUT2D eigenvalue weighted by Gasteiger charge is -2.35. The van der Waals surface area contributed by atoms with Crippen LogP contribution in [0.4, 0.5) is 4.79 Å². The van der Waals surface area contributed by atoms with Crippen molar-refractivity contribution >= 4 is 23.9 Å². The highest BCUT2D eigenvalue weighted by atomic mass is 16.6. The van der Waals surface area contributed by atoms with Crippen LogP contribution in [0.1, 0.15) is 43.9 Å². The zero-order valence-electron chi connectivity index (χ0n) is 21.0. The van der Waals surface area contributed by atoms with Gasteiger partial charge in [0.1, 0.15) is 24.3 Å². The maximum absolute atomic E-state index is 13.4. The summed E-state index contributed by atoms with van der Waals surface area (Å²) in [6, 6.07) is 14.5. The zero-order valence-corrected chi connectivity index (χ0v) is 21.0. The number of nitrogens with one attached hydrogen (secondary N) is 1. The Morgan fingerprint density at radius 2 is 1.64 bits per heavy atom. The highest BCUT2D eigenvalue weighted by Crippen LogP contribution is 2.25. The molecule has 2 amide bonds. The number of rotatable bonds is 7. The molecule has 36 heavy (non-hydrogen) atoms. The molecule has 9 heteroatoms. The van der Waals surface area contributed by atoms with Crippen molar-refractivity contribution in [3.8, 4) is 0 Å². The van der Waals surface area contributed by atoms with E-state index in [1.54, 1.807) is 20.8 Å². The molecule has 2 atom stereocenters. The second-order valence-electron chi connectivity index (χ2n) is 9.53. The van der Waals surface area contributed by atoms with Gasteiger partial charge in [-0.1, -0.05) is 54.6 Å². The third kappa shape index (κ3) is 7.31. The third-order valence-corrected chi connectivity index (χ3v) is 5.58. The van der Waals surface area contributed by atoms with Crippen LogP contribution in [0.5, 0.6) is 0 Å². The smallest absolute Gasteiger partial charge is 0.411 e. The van der Waals surface area contributed by atoms with Gasteiger partial charge in [-0.3, -0.25) is 14.5 Å². The molecule has 2 aromatic carbocycles. The number of nitrogens with zero attached hydrogens (tertiary/aromatic N) is 1. The molecule has 0 saturated heterocycles. The normalized spacial score (nSPS) is 15.8. The molecular weight excluding hydrogens is 464 g/mol. The molecule has 192 valence electrons. The molecule has 1 aliphatic heterocycles. The fourth-order valence-electron chi connectivity index (χ4n) is 3.90. The Morgan fingerprint density at radius 3 is 2.28 bits per heavy atom. The average Bonchev–Trinajstić information content (AvgIpc) is 2.85. The van der Waals surface area contributed by atoms with Crippen LogP contribution in [0.3, 0.4) is 0 Å². The molecule has 1 N–H and O–H groups in total. The minimum atomic E-state index is -1.27. The van der Waals surface area contributed by atoms with Crippen molar-refractivity contribution in [1.82, 2.24) is 10.2 Å². The molecule has 0 saturated carbocycles. The Hall–Kier alpha value is -3.88. The first-order valence-corrected chi connectivity index (χ1v) is 11.7. The summed E-state index contributed by atoms with van der Waals surface area (Å²) in [4.78, 5) is 52.5. The summed E-state index contributed by atoms with van der Waals surface area (Å²) in [5.74, 6) is -2.05. The first-order valence-electron chi connectivity index (χ1n) is 11.7. The van der Waals surface area contributed by atoms with Crippen LogP contribution in [0, 0.1) is 0 Å². The van der Waals surface area contributed by atoms with E-state index in [-0.39, 0.29) is 19.6 Å². The maximum Gasteiger partial charge on any atom is 0.411 e. The molecule has 0 radical (unpaired) electrons. The van der Waals surface area contributed by atoms with Crippen molar-refractivity contribution in [3.63, 3.8) is 0 Å². The van der Waals surface area contributed by atoms with E-state index in [9.17, 15) is 19.2 Å². The van der Waals surface area contributed by atoms with Gasteiger partial charge in [0.25, 0.3) is 0 Å². The topological polar surface area (TPSA) is 111 Å². The summed E-state index contributed by atoms with van der Waals surface area (Å²) in [6.45, 7) is 5.32. The number of methoxy groups -OCH3 is 1. The van der Waals surface area contributed by atoms with E-state index in [0.29, 0.717) is 0 Å². The number of carbonyl (C=O) groups is 4. The second-order valence-corrected chi connectivity index (χ2v) is 9.53. The summed E-state index contributed by atoms with van der Waals surface area (Å²) in [5.41, 5.74) is 1.86. The lowest BCUT2D eigenvalue weighted by Crippen LogP contribution is -2.56. The highest BCUT2D eigenvalue weighted by molar-refractivity contribution is 5.92. The van der Waals surface area contributed by atoms with Gasteiger partial charge < -0.3 is 19.5 Å². The zero-order chi connectivity index (χ0) is 26.3. The minimum absolute atomic E-state index is 0.0512. The fraction of sp³-hybridized carbons (Fsp3) is 0.407. The van der Waals surface area contributed by atoms with Gasteiger partial charge in [0.05, 0.1) is 20.1 Å². The lowest BCUT2D eigenvalue weighted by atomic mass is 9.93. The van der Waals surface area contributed by atoms with Gasteiger partial charge in [-0.25, -0.2) is 9.59 Å². The van der Waals surface area contributed by atoms with Gasteiger partial charge in [-0.15, -0.1) is 0 Å². The van der Waals surface area contributed by atoms with E-state index in [0.717, 1.165) is 16.7 Å². The molecular formula is C27H32N2O7. The summed E-state index contributed by atoms with van der Waals surface area (Å²) >= 11 is 0. The summed E-state index contributed by atoms with van der Waals surface area (Å²) in [6.07, 6.45) is -0.838. The van der Waals surface area contributed by atoms with Crippen molar-refractivity contribution in [2.75, 3.05) is 7.11 Å². The molecule has 1 aliphatic rings. The number of hydrogen-bond acceptors (Lipinski definition) is 7. The lowest BCUT2D eigenvalue weighted by molar-refractivity contribution is -0.159. The van der Waals surface area contributed by atoms with E-state index < -0.39 is 48.0 Å². The Morgan fingerprint density at radius 1 is 1.00 bits per heavy atom. The monoisotopic (exact) mass is 496 g/mol. The second kappa shape index (κ2) is 11.7. The molecule has 0 aliphatic carbocycles. The van der Waals surface area contributed by atoms with Crippen LogP contribution in [0.15, 0.2) is 54.6 Å². The number of ether oxygens (including phenoxy) is 3. The Kier molecular flexibility index (Phi) is 8.68. The first-order chi connectivity index (χ1) is 17.1. The maximum atomic E-state index is 13.4. The fourth-order valence-corrected chi connectivity index (χ4v) is 3.90. The molecule has 2 aromatic rings. The van der Waals surface area contributed by atoms with Crippen molar-refractivity contribution in [3.05, 3.63) is 71.3 Å². The molecule has 3 rings (SSSR count). The van der Waals surface area contributed by atoms with Crippen LogP contribution in [-0.4, -0.2) is 53.6 Å². The van der Waals surface area contributed by atoms with Crippen molar-refractivity contribution in [1.29, 1.82) is 0 Å². The van der Waals surface area contributed by atoms with Gasteiger partial charge in [0, 0.05) is 6.42 Å². The average molecular weight is 497 g/mol. The predicted molar refractivity (Wildman–Crippen MR) is 131 cm³/mol. The standard InChI is InChI=1S/C27H32N2O7/c1-27(2,3)36-23(30)15-21(25(32)34-4)28-24(31)22-14-19-12-8-9-13-20(19)16-29(22)26(33)35-17-18-10-6-5-7-11-18/h5-13,21-22H,14-17H2,1-4H3,(H,28,31)/t21-,22+/m1/s1. The van der Waals surface area contributed by atoms with Gasteiger partial charge in [-0.05, 0) is 37.5 Å². The van der Waals surface area contributed by atoms with Gasteiger partial charge >= 0.3 is 18.0 Å². The molecule has 9 nitrogen and oxygen atoms in total. The van der Waals surface area contributed by atoms with E-state index in [2.05, 4.69) is 5.32 Å². The Balaban J connectivity index is 1.77. The predicted octanol–water partition coefficient (Wildman–Crippen LogP) is 3.14. The molecule has 0 spiro atoms. The molecule has 0 fully saturated rings. The van der Waals surface area contributed by atoms with Crippen LogP contribution in [0.25, 0.3) is 0 Å². The summed E-state index contributed by atoms with van der Waals surface area (Å²) in [7, 11) is 1.17. The minimum Gasteiger partial charge on any atom is -0.467 e. The van der Waals surface area contributed by atoms with Crippen LogP contribution >= 0.6 is 0 Å². The van der Waals surface area contributed by atoms with E-state index in [1.807, 2.05) is 54.6 Å². The van der Waals surface area contributed by atoms with Crippen LogP contribution < -0.4 is 5.32 Å². The summed E-state index contributed by atoms with van der Waals surface area (Å²) in [5, 5.41) is 2.58. The Bertz CT molecular complexity index is 1090. The van der Waals surface area contributed by atoms with Crippen LogP contribution in [0.2, 0.25) is 0 Å². The van der Waals surface area contributed by atoms with Crippen LogP contribution in [-0.2, 0) is 48.2 Å². The first kappa shape index (κ1) is 26.7. The van der Waals surface area contributed by atoms with E-state index >= 15 is 0 Å². The number of amides is 2. The van der Waals surface area contributed by atoms with Crippen molar-refractivity contribution in [2.45, 2.75) is 64.4 Å². The summed E-state index contributed by atoms with van der Waals surface area (Å²) < 4.78 is 15.6.